The lowest BCUT2D eigenvalue weighted by Gasteiger charge is -2.28. The van der Waals surface area contributed by atoms with E-state index >= 15 is 0 Å². The monoisotopic (exact) mass is 360 g/mol. The fourth-order valence-corrected chi connectivity index (χ4v) is 4.48. The number of piperidine rings is 1. The first kappa shape index (κ1) is 19.2. The van der Waals surface area contributed by atoms with Gasteiger partial charge in [-0.3, -0.25) is 0 Å². The van der Waals surface area contributed by atoms with Crippen LogP contribution in [0.1, 0.15) is 57.2 Å². The van der Waals surface area contributed by atoms with Crippen LogP contribution in [0, 0.1) is 16.7 Å². The largest absolute Gasteiger partial charge is 0.396 e. The van der Waals surface area contributed by atoms with E-state index in [1.54, 1.807) is 4.90 Å². The molecule has 0 bridgehead atoms. The smallest absolute Gasteiger partial charge is 0.317 e. The lowest BCUT2D eigenvalue weighted by Crippen LogP contribution is -2.44. The number of rotatable bonds is 6. The zero-order chi connectivity index (χ0) is 19.1. The van der Waals surface area contributed by atoms with Crippen LogP contribution in [0.4, 0.5) is 4.79 Å². The van der Waals surface area contributed by atoms with Crippen molar-refractivity contribution < 1.29 is 15.0 Å². The molecule has 1 unspecified atom stereocenters. The van der Waals surface area contributed by atoms with Gasteiger partial charge in [0.05, 0.1) is 19.3 Å². The Bertz CT molecular complexity index is 640. The van der Waals surface area contributed by atoms with Gasteiger partial charge in [0.2, 0.25) is 0 Å². The number of amides is 2. The molecule has 3 atom stereocenters. The molecule has 1 saturated carbocycles. The molecule has 0 radical (unpaired) electrons. The van der Waals surface area contributed by atoms with Gasteiger partial charge in [0.25, 0.3) is 0 Å². The van der Waals surface area contributed by atoms with Crippen molar-refractivity contribution >= 4 is 6.03 Å². The maximum absolute atomic E-state index is 12.8. The molecule has 144 valence electrons. The topological polar surface area (TPSA) is 72.8 Å². The van der Waals surface area contributed by atoms with Gasteiger partial charge in [-0.2, -0.15) is 0 Å². The molecule has 0 aromatic heterocycles. The molecular weight excluding hydrogens is 328 g/mol. The molecule has 2 amide bonds. The van der Waals surface area contributed by atoms with Crippen molar-refractivity contribution in [1.82, 2.24) is 10.2 Å². The lowest BCUT2D eigenvalue weighted by molar-refractivity contribution is 0.152. The van der Waals surface area contributed by atoms with E-state index in [0.29, 0.717) is 19.0 Å². The van der Waals surface area contributed by atoms with Crippen LogP contribution in [-0.4, -0.2) is 47.4 Å². The second kappa shape index (κ2) is 6.86. The van der Waals surface area contributed by atoms with Crippen molar-refractivity contribution in [3.8, 4) is 0 Å². The summed E-state index contributed by atoms with van der Waals surface area (Å²) in [4.78, 5) is 14.6. The number of fused-ring (bicyclic) bond motifs is 1. The number of aliphatic hydroxyl groups is 2. The third-order valence-corrected chi connectivity index (χ3v) is 6.46. The second-order valence-electron chi connectivity index (χ2n) is 8.90. The molecule has 1 aromatic rings. The quantitative estimate of drug-likeness (QED) is 0.730. The number of carbonyl (C=O) groups is 1. The van der Waals surface area contributed by atoms with Gasteiger partial charge in [0, 0.05) is 23.9 Å². The molecule has 1 heterocycles. The minimum absolute atomic E-state index is 0.0294. The standard InChI is InChI=1S/C21H32N2O3/c1-14(2)16-5-7-17(8-6-16)18(15(3)4)22-19(26)23-10-20(12-24)9-21(20,11-23)13-25/h5-8,14-15,18,24-25H,9-13H2,1-4H3,(H,22,26)/t18?,20-,21+. The van der Waals surface area contributed by atoms with Gasteiger partial charge in [-0.1, -0.05) is 52.0 Å². The average molecular weight is 360 g/mol. The summed E-state index contributed by atoms with van der Waals surface area (Å²) in [6.45, 7) is 9.65. The molecule has 1 aliphatic carbocycles. The van der Waals surface area contributed by atoms with Crippen LogP contribution in [-0.2, 0) is 0 Å². The molecule has 1 aliphatic heterocycles. The highest BCUT2D eigenvalue weighted by Gasteiger charge is 2.72. The maximum Gasteiger partial charge on any atom is 0.317 e. The predicted octanol–water partition coefficient (Wildman–Crippen LogP) is 2.89. The number of nitrogens with zero attached hydrogens (tertiary/aromatic N) is 1. The van der Waals surface area contributed by atoms with E-state index in [1.807, 2.05) is 0 Å². The molecule has 3 N–H and O–H groups in total. The third kappa shape index (κ3) is 3.12. The molecule has 2 fully saturated rings. The minimum atomic E-state index is -0.300. The maximum atomic E-state index is 12.8. The van der Waals surface area contributed by atoms with Gasteiger partial charge in [-0.25, -0.2) is 4.79 Å². The van der Waals surface area contributed by atoms with Gasteiger partial charge in [-0.05, 0) is 29.4 Å². The fourth-order valence-electron chi connectivity index (χ4n) is 4.48. The number of urea groups is 1. The summed E-state index contributed by atoms with van der Waals surface area (Å²) in [6, 6.07) is 8.31. The molecule has 5 heteroatoms. The highest BCUT2D eigenvalue weighted by atomic mass is 16.3. The third-order valence-electron chi connectivity index (χ3n) is 6.46. The van der Waals surface area contributed by atoms with Crippen LogP contribution >= 0.6 is 0 Å². The molecule has 0 spiro atoms. The normalized spacial score (nSPS) is 28.4. The number of carbonyl (C=O) groups excluding carboxylic acids is 1. The van der Waals surface area contributed by atoms with Crippen LogP contribution in [0.5, 0.6) is 0 Å². The highest BCUT2D eigenvalue weighted by molar-refractivity contribution is 5.76. The lowest BCUT2D eigenvalue weighted by atomic mass is 9.93. The number of benzene rings is 1. The summed E-state index contributed by atoms with van der Waals surface area (Å²) in [5, 5.41) is 22.6. The SMILES string of the molecule is CC(C)c1ccc(C(NC(=O)N2C[C@@]3(CO)C[C@@]3(CO)C2)C(C)C)cc1. The second-order valence-corrected chi connectivity index (χ2v) is 8.90. The zero-order valence-corrected chi connectivity index (χ0v) is 16.3. The van der Waals surface area contributed by atoms with E-state index in [4.69, 9.17) is 0 Å². The summed E-state index contributed by atoms with van der Waals surface area (Å²) in [7, 11) is 0. The Morgan fingerprint density at radius 1 is 1.04 bits per heavy atom. The summed E-state index contributed by atoms with van der Waals surface area (Å²) >= 11 is 0. The van der Waals surface area contributed by atoms with Crippen molar-refractivity contribution in [2.45, 2.75) is 46.1 Å². The van der Waals surface area contributed by atoms with Crippen LogP contribution in [0.25, 0.3) is 0 Å². The summed E-state index contributed by atoms with van der Waals surface area (Å²) in [5.41, 5.74) is 1.80. The van der Waals surface area contributed by atoms with Crippen LogP contribution in [0.15, 0.2) is 24.3 Å². The summed E-state index contributed by atoms with van der Waals surface area (Å²) < 4.78 is 0. The van der Waals surface area contributed by atoms with Crippen molar-refractivity contribution in [1.29, 1.82) is 0 Å². The van der Waals surface area contributed by atoms with Gasteiger partial charge in [-0.15, -0.1) is 0 Å². The number of hydrogen-bond acceptors (Lipinski definition) is 3. The van der Waals surface area contributed by atoms with Crippen molar-refractivity contribution in [2.24, 2.45) is 16.7 Å². The van der Waals surface area contributed by atoms with E-state index in [1.165, 1.54) is 5.56 Å². The Hall–Kier alpha value is -1.59. The van der Waals surface area contributed by atoms with Crippen molar-refractivity contribution in [3.63, 3.8) is 0 Å². The summed E-state index contributed by atoms with van der Waals surface area (Å²) in [6.07, 6.45) is 0.807. The Balaban J connectivity index is 1.70. The van der Waals surface area contributed by atoms with Gasteiger partial charge >= 0.3 is 6.03 Å². The summed E-state index contributed by atoms with van der Waals surface area (Å²) in [5.74, 6) is 0.747. The molecule has 26 heavy (non-hydrogen) atoms. The van der Waals surface area contributed by atoms with Gasteiger partial charge in [0.1, 0.15) is 0 Å². The van der Waals surface area contributed by atoms with Crippen molar-refractivity contribution in [2.75, 3.05) is 26.3 Å². The molecule has 1 aromatic carbocycles. The Labute approximate surface area is 156 Å². The first-order valence-corrected chi connectivity index (χ1v) is 9.64. The first-order chi connectivity index (χ1) is 12.3. The average Bonchev–Trinajstić information content (AvgIpc) is 3.15. The van der Waals surface area contributed by atoms with Crippen molar-refractivity contribution in [3.05, 3.63) is 35.4 Å². The van der Waals surface area contributed by atoms with Gasteiger partial charge < -0.3 is 20.4 Å². The number of aliphatic hydroxyl groups excluding tert-OH is 2. The minimum Gasteiger partial charge on any atom is -0.396 e. The number of nitrogens with one attached hydrogen (secondary N) is 1. The Morgan fingerprint density at radius 3 is 1.96 bits per heavy atom. The van der Waals surface area contributed by atoms with E-state index in [9.17, 15) is 15.0 Å². The number of hydrogen-bond donors (Lipinski definition) is 3. The van der Waals surface area contributed by atoms with E-state index in [0.717, 1.165) is 12.0 Å². The molecule has 2 aliphatic rings. The molecular formula is C21H32N2O3. The zero-order valence-electron chi connectivity index (χ0n) is 16.3. The Morgan fingerprint density at radius 2 is 1.54 bits per heavy atom. The number of likely N-dealkylation sites (tertiary alicyclic amines) is 1. The predicted molar refractivity (Wildman–Crippen MR) is 102 cm³/mol. The first-order valence-electron chi connectivity index (χ1n) is 9.64. The van der Waals surface area contributed by atoms with E-state index in [-0.39, 0.29) is 42.0 Å². The molecule has 5 nitrogen and oxygen atoms in total. The Kier molecular flexibility index (Phi) is 5.06. The van der Waals surface area contributed by atoms with Gasteiger partial charge in [0.15, 0.2) is 0 Å². The van der Waals surface area contributed by atoms with Crippen LogP contribution < -0.4 is 5.32 Å². The van der Waals surface area contributed by atoms with E-state index < -0.39 is 0 Å². The fraction of sp³-hybridized carbons (Fsp3) is 0.667. The highest BCUT2D eigenvalue weighted by Crippen LogP contribution is 2.67. The molecule has 1 saturated heterocycles. The van der Waals surface area contributed by atoms with Crippen LogP contribution in [0.3, 0.4) is 0 Å². The van der Waals surface area contributed by atoms with Crippen LogP contribution in [0.2, 0.25) is 0 Å². The molecule has 3 rings (SSSR count). The van der Waals surface area contributed by atoms with E-state index in [2.05, 4.69) is 57.3 Å².